The largest absolute Gasteiger partial charge is 0.383 e. The van der Waals surface area contributed by atoms with E-state index in [0.717, 1.165) is 23.6 Å². The minimum Gasteiger partial charge on any atom is -0.383 e. The van der Waals surface area contributed by atoms with E-state index in [0.29, 0.717) is 21.8 Å². The molecule has 0 aliphatic heterocycles. The van der Waals surface area contributed by atoms with Crippen LogP contribution >= 0.6 is 23.2 Å². The van der Waals surface area contributed by atoms with Gasteiger partial charge in [-0.1, -0.05) is 37.0 Å². The van der Waals surface area contributed by atoms with Crippen LogP contribution in [0.1, 0.15) is 19.7 Å². The van der Waals surface area contributed by atoms with Gasteiger partial charge in [0.15, 0.2) is 0 Å². The molecule has 19 heavy (non-hydrogen) atoms. The van der Waals surface area contributed by atoms with E-state index >= 15 is 0 Å². The smallest absolute Gasteiger partial charge is 0.131 e. The predicted octanol–water partition coefficient (Wildman–Crippen LogP) is 4.40. The number of aromatic nitrogens is 2. The molecular weight excluding hydrogens is 281 g/mol. The maximum absolute atomic E-state index is 6.21. The van der Waals surface area contributed by atoms with Gasteiger partial charge in [-0.15, -0.1) is 0 Å². The van der Waals surface area contributed by atoms with E-state index in [1.165, 1.54) is 0 Å². The van der Waals surface area contributed by atoms with Crippen molar-refractivity contribution in [2.75, 3.05) is 5.73 Å². The zero-order chi connectivity index (χ0) is 14.2. The summed E-state index contributed by atoms with van der Waals surface area (Å²) in [5.74, 6) is 2.05. The van der Waals surface area contributed by atoms with Crippen molar-refractivity contribution < 1.29 is 0 Å². The van der Waals surface area contributed by atoms with Crippen molar-refractivity contribution in [1.82, 2.24) is 9.55 Å². The molecule has 0 fully saturated rings. The van der Waals surface area contributed by atoms with Crippen LogP contribution in [0.4, 0.5) is 5.82 Å². The van der Waals surface area contributed by atoms with Crippen LogP contribution < -0.4 is 5.73 Å². The first-order chi connectivity index (χ1) is 8.90. The Hall–Kier alpha value is -1.19. The molecule has 0 bridgehead atoms. The van der Waals surface area contributed by atoms with Gasteiger partial charge in [-0.3, -0.25) is 0 Å². The van der Waals surface area contributed by atoms with Crippen LogP contribution in [0.2, 0.25) is 10.0 Å². The maximum atomic E-state index is 6.21. The summed E-state index contributed by atoms with van der Waals surface area (Å²) in [6.07, 6.45) is 0. The molecule has 1 aromatic carbocycles. The Kier molecular flexibility index (Phi) is 4.07. The molecule has 0 saturated heterocycles. The molecule has 5 heteroatoms. The molecule has 0 aliphatic carbocycles. The molecule has 0 spiro atoms. The average Bonchev–Trinajstić information content (AvgIpc) is 2.57. The molecule has 0 unspecified atom stereocenters. The molecule has 0 aliphatic rings. The number of nitrogens with zero attached hydrogens (tertiary/aromatic N) is 2. The molecule has 1 heterocycles. The Morgan fingerprint density at radius 2 is 2.00 bits per heavy atom. The van der Waals surface area contributed by atoms with Crippen molar-refractivity contribution in [3.05, 3.63) is 34.1 Å². The van der Waals surface area contributed by atoms with Crippen LogP contribution in [-0.2, 0) is 6.54 Å². The monoisotopic (exact) mass is 297 g/mol. The first kappa shape index (κ1) is 14.2. The molecule has 0 amide bonds. The molecule has 1 aromatic heterocycles. The van der Waals surface area contributed by atoms with Crippen molar-refractivity contribution in [2.24, 2.45) is 5.92 Å². The van der Waals surface area contributed by atoms with Crippen LogP contribution in [-0.4, -0.2) is 9.55 Å². The Bertz CT molecular complexity index is 603. The molecule has 0 saturated carbocycles. The van der Waals surface area contributed by atoms with Crippen LogP contribution in [0.3, 0.4) is 0 Å². The molecule has 3 nitrogen and oxygen atoms in total. The number of anilines is 1. The number of benzene rings is 1. The lowest BCUT2D eigenvalue weighted by atomic mass is 10.1. The molecule has 102 valence electrons. The van der Waals surface area contributed by atoms with Gasteiger partial charge in [0.25, 0.3) is 0 Å². The number of nitrogens with two attached hydrogens (primary N) is 1. The van der Waals surface area contributed by atoms with Crippen LogP contribution in [0.15, 0.2) is 18.2 Å². The second-order valence-corrected chi connectivity index (χ2v) is 5.87. The van der Waals surface area contributed by atoms with Gasteiger partial charge in [-0.05, 0) is 31.0 Å². The summed E-state index contributed by atoms with van der Waals surface area (Å²) in [6, 6.07) is 5.34. The topological polar surface area (TPSA) is 43.8 Å². The Morgan fingerprint density at radius 1 is 1.32 bits per heavy atom. The molecule has 2 N–H and O–H groups in total. The summed E-state index contributed by atoms with van der Waals surface area (Å²) in [5, 5.41) is 1.17. The highest BCUT2D eigenvalue weighted by Gasteiger charge is 2.16. The van der Waals surface area contributed by atoms with Gasteiger partial charge in [0, 0.05) is 17.1 Å². The summed E-state index contributed by atoms with van der Waals surface area (Å²) in [7, 11) is 0. The average molecular weight is 298 g/mol. The summed E-state index contributed by atoms with van der Waals surface area (Å²) in [6.45, 7) is 7.09. The van der Waals surface area contributed by atoms with Crippen molar-refractivity contribution in [3.8, 4) is 11.3 Å². The van der Waals surface area contributed by atoms with Crippen LogP contribution in [0.5, 0.6) is 0 Å². The summed E-state index contributed by atoms with van der Waals surface area (Å²) < 4.78 is 2.02. The first-order valence-electron chi connectivity index (χ1n) is 6.18. The Balaban J connectivity index is 2.51. The summed E-state index contributed by atoms with van der Waals surface area (Å²) in [4.78, 5) is 4.53. The van der Waals surface area contributed by atoms with E-state index in [2.05, 4.69) is 18.8 Å². The lowest BCUT2D eigenvalue weighted by molar-refractivity contribution is 0.518. The number of hydrogen-bond acceptors (Lipinski definition) is 2. The fraction of sp³-hybridized carbons (Fsp3) is 0.357. The number of imidazole rings is 1. The van der Waals surface area contributed by atoms with E-state index < -0.39 is 0 Å². The van der Waals surface area contributed by atoms with Crippen molar-refractivity contribution in [2.45, 2.75) is 27.3 Å². The number of rotatable bonds is 3. The molecule has 2 aromatic rings. The zero-order valence-electron chi connectivity index (χ0n) is 11.2. The van der Waals surface area contributed by atoms with Gasteiger partial charge >= 0.3 is 0 Å². The number of halogens is 2. The molecule has 0 atom stereocenters. The fourth-order valence-electron chi connectivity index (χ4n) is 2.06. The summed E-state index contributed by atoms with van der Waals surface area (Å²) >= 11 is 12.1. The van der Waals surface area contributed by atoms with E-state index in [4.69, 9.17) is 28.9 Å². The zero-order valence-corrected chi connectivity index (χ0v) is 12.8. The van der Waals surface area contributed by atoms with E-state index in [-0.39, 0.29) is 0 Å². The maximum Gasteiger partial charge on any atom is 0.131 e. The molecule has 0 radical (unpaired) electrons. The third kappa shape index (κ3) is 2.88. The van der Waals surface area contributed by atoms with Gasteiger partial charge in [0.1, 0.15) is 17.3 Å². The minimum atomic E-state index is 0.503. The van der Waals surface area contributed by atoms with Crippen LogP contribution in [0, 0.1) is 12.8 Å². The Labute approximate surface area is 123 Å². The van der Waals surface area contributed by atoms with Crippen LogP contribution in [0.25, 0.3) is 11.3 Å². The fourth-order valence-corrected chi connectivity index (χ4v) is 2.55. The number of hydrogen-bond donors (Lipinski definition) is 1. The quantitative estimate of drug-likeness (QED) is 0.912. The van der Waals surface area contributed by atoms with Gasteiger partial charge < -0.3 is 10.3 Å². The second-order valence-electron chi connectivity index (χ2n) is 5.02. The SMILES string of the molecule is Cc1nc(-c2ccc(Cl)cc2Cl)c(N)n1CC(C)C. The predicted molar refractivity (Wildman–Crippen MR) is 81.7 cm³/mol. The van der Waals surface area contributed by atoms with Gasteiger partial charge in [0.05, 0.1) is 5.02 Å². The van der Waals surface area contributed by atoms with Gasteiger partial charge in [-0.25, -0.2) is 4.98 Å². The van der Waals surface area contributed by atoms with E-state index in [1.54, 1.807) is 12.1 Å². The third-order valence-electron chi connectivity index (χ3n) is 2.93. The van der Waals surface area contributed by atoms with Crippen molar-refractivity contribution in [1.29, 1.82) is 0 Å². The van der Waals surface area contributed by atoms with Gasteiger partial charge in [0.2, 0.25) is 0 Å². The van der Waals surface area contributed by atoms with Gasteiger partial charge in [-0.2, -0.15) is 0 Å². The second kappa shape index (κ2) is 5.43. The first-order valence-corrected chi connectivity index (χ1v) is 6.93. The normalized spacial score (nSPS) is 11.3. The highest BCUT2D eigenvalue weighted by atomic mass is 35.5. The molecular formula is C14H17Cl2N3. The lowest BCUT2D eigenvalue weighted by Crippen LogP contribution is -2.09. The van der Waals surface area contributed by atoms with E-state index in [9.17, 15) is 0 Å². The number of aryl methyl sites for hydroxylation is 1. The third-order valence-corrected chi connectivity index (χ3v) is 3.48. The van der Waals surface area contributed by atoms with Crippen molar-refractivity contribution in [3.63, 3.8) is 0 Å². The van der Waals surface area contributed by atoms with E-state index in [1.807, 2.05) is 17.6 Å². The lowest BCUT2D eigenvalue weighted by Gasteiger charge is -2.10. The molecule has 2 rings (SSSR count). The van der Waals surface area contributed by atoms with Crippen molar-refractivity contribution >= 4 is 29.0 Å². The number of nitrogen functional groups attached to an aromatic ring is 1. The minimum absolute atomic E-state index is 0.503. The summed E-state index contributed by atoms with van der Waals surface area (Å²) in [5.41, 5.74) is 7.74. The highest BCUT2D eigenvalue weighted by molar-refractivity contribution is 6.36. The highest BCUT2D eigenvalue weighted by Crippen LogP contribution is 2.33. The standard InChI is InChI=1S/C14H17Cl2N3/c1-8(2)7-19-9(3)18-13(14(19)17)11-5-4-10(15)6-12(11)16/h4-6,8H,7,17H2,1-3H3. The Morgan fingerprint density at radius 3 is 2.58 bits per heavy atom.